The fraction of sp³-hybridized carbons (Fsp3) is 0.214. The molecule has 0 spiro atoms. The molecular formula is C14H15ClN4O. The third-order valence-corrected chi connectivity index (χ3v) is 2.90. The maximum atomic E-state index is 12.0. The largest absolute Gasteiger partial charge is 0.369 e. The first-order valence-corrected chi connectivity index (χ1v) is 6.72. The van der Waals surface area contributed by atoms with E-state index in [4.69, 9.17) is 11.6 Å². The van der Waals surface area contributed by atoms with Gasteiger partial charge in [0.05, 0.1) is 10.7 Å². The number of nitrogens with zero attached hydrogens (tertiary/aromatic N) is 2. The summed E-state index contributed by atoms with van der Waals surface area (Å²) in [4.78, 5) is 12.0. The molecule has 0 aliphatic rings. The Kier molecular flexibility index (Phi) is 4.90. The van der Waals surface area contributed by atoms with Crippen LogP contribution in [0.5, 0.6) is 0 Å². The number of para-hydroxylation sites is 1. The predicted molar refractivity (Wildman–Crippen MR) is 80.2 cm³/mol. The van der Waals surface area contributed by atoms with Gasteiger partial charge in [0.25, 0.3) is 5.91 Å². The van der Waals surface area contributed by atoms with Crippen molar-refractivity contribution in [1.29, 1.82) is 0 Å². The van der Waals surface area contributed by atoms with Crippen LogP contribution in [-0.4, -0.2) is 22.6 Å². The Bertz CT molecular complexity index is 586. The zero-order valence-corrected chi connectivity index (χ0v) is 11.8. The molecule has 2 aromatic rings. The minimum absolute atomic E-state index is 0.243. The van der Waals surface area contributed by atoms with E-state index in [0.29, 0.717) is 16.5 Å². The standard InChI is InChI=1S/C14H15ClN4O/c1-2-9-16-13-8-7-12(18-19-13)14(20)17-11-6-4-3-5-10(11)15/h3-8H,2,9H2,1H3,(H,16,19)(H,17,20). The number of benzene rings is 1. The summed E-state index contributed by atoms with van der Waals surface area (Å²) in [6.45, 7) is 2.88. The summed E-state index contributed by atoms with van der Waals surface area (Å²) in [7, 11) is 0. The zero-order chi connectivity index (χ0) is 14.4. The van der Waals surface area contributed by atoms with E-state index in [1.807, 2.05) is 0 Å². The molecule has 0 bridgehead atoms. The monoisotopic (exact) mass is 290 g/mol. The number of carbonyl (C=O) groups excluding carboxylic acids is 1. The molecule has 1 aromatic heterocycles. The third kappa shape index (κ3) is 3.68. The summed E-state index contributed by atoms with van der Waals surface area (Å²) >= 11 is 5.98. The van der Waals surface area contributed by atoms with Crippen molar-refractivity contribution in [2.45, 2.75) is 13.3 Å². The molecule has 1 heterocycles. The van der Waals surface area contributed by atoms with Crippen LogP contribution in [0.3, 0.4) is 0 Å². The van der Waals surface area contributed by atoms with Gasteiger partial charge in [0.15, 0.2) is 5.69 Å². The fourth-order valence-electron chi connectivity index (χ4n) is 1.55. The molecule has 104 valence electrons. The molecule has 2 N–H and O–H groups in total. The van der Waals surface area contributed by atoms with Crippen molar-refractivity contribution < 1.29 is 4.79 Å². The van der Waals surface area contributed by atoms with Gasteiger partial charge >= 0.3 is 0 Å². The highest BCUT2D eigenvalue weighted by molar-refractivity contribution is 6.33. The summed E-state index contributed by atoms with van der Waals surface area (Å²) < 4.78 is 0. The van der Waals surface area contributed by atoms with Gasteiger partial charge < -0.3 is 10.6 Å². The molecule has 2 rings (SSSR count). The number of carbonyl (C=O) groups is 1. The van der Waals surface area contributed by atoms with Crippen molar-refractivity contribution >= 4 is 29.0 Å². The molecule has 20 heavy (non-hydrogen) atoms. The van der Waals surface area contributed by atoms with Crippen LogP contribution in [0.15, 0.2) is 36.4 Å². The number of hydrogen-bond acceptors (Lipinski definition) is 4. The summed E-state index contributed by atoms with van der Waals surface area (Å²) in [6.07, 6.45) is 0.996. The molecule has 0 aliphatic carbocycles. The Hall–Kier alpha value is -2.14. The van der Waals surface area contributed by atoms with E-state index in [9.17, 15) is 4.79 Å². The second-order valence-electron chi connectivity index (χ2n) is 4.16. The molecule has 0 unspecified atom stereocenters. The molecule has 5 nitrogen and oxygen atoms in total. The third-order valence-electron chi connectivity index (χ3n) is 2.58. The molecule has 6 heteroatoms. The number of amides is 1. The first kappa shape index (κ1) is 14.3. The van der Waals surface area contributed by atoms with Crippen molar-refractivity contribution in [3.05, 3.63) is 47.1 Å². The lowest BCUT2D eigenvalue weighted by Gasteiger charge is -2.07. The molecule has 0 fully saturated rings. The first-order valence-electron chi connectivity index (χ1n) is 6.34. The Labute approximate surface area is 122 Å². The average molecular weight is 291 g/mol. The molecular weight excluding hydrogens is 276 g/mol. The van der Waals surface area contributed by atoms with Crippen LogP contribution in [0.4, 0.5) is 11.5 Å². The molecule has 1 aromatic carbocycles. The van der Waals surface area contributed by atoms with Crippen molar-refractivity contribution in [3.8, 4) is 0 Å². The van der Waals surface area contributed by atoms with Crippen LogP contribution in [0.2, 0.25) is 5.02 Å². The van der Waals surface area contributed by atoms with E-state index < -0.39 is 0 Å². The highest BCUT2D eigenvalue weighted by Gasteiger charge is 2.10. The van der Waals surface area contributed by atoms with Gasteiger partial charge in [0, 0.05) is 6.54 Å². The van der Waals surface area contributed by atoms with E-state index in [2.05, 4.69) is 27.8 Å². The van der Waals surface area contributed by atoms with E-state index >= 15 is 0 Å². The SMILES string of the molecule is CCCNc1ccc(C(=O)Nc2ccccc2Cl)nn1. The van der Waals surface area contributed by atoms with E-state index in [0.717, 1.165) is 13.0 Å². The second-order valence-corrected chi connectivity index (χ2v) is 4.57. The fourth-order valence-corrected chi connectivity index (χ4v) is 1.73. The Balaban J connectivity index is 2.04. The lowest BCUT2D eigenvalue weighted by Crippen LogP contribution is -2.15. The molecule has 0 radical (unpaired) electrons. The van der Waals surface area contributed by atoms with Gasteiger partial charge in [-0.2, -0.15) is 0 Å². The van der Waals surface area contributed by atoms with Crippen LogP contribution in [0, 0.1) is 0 Å². The van der Waals surface area contributed by atoms with Gasteiger partial charge in [-0.25, -0.2) is 0 Å². The summed E-state index contributed by atoms with van der Waals surface area (Å²) in [5.41, 5.74) is 0.793. The van der Waals surface area contributed by atoms with Gasteiger partial charge in [0.1, 0.15) is 5.82 Å². The number of anilines is 2. The van der Waals surface area contributed by atoms with Gasteiger partial charge in [0.2, 0.25) is 0 Å². The second kappa shape index (κ2) is 6.86. The summed E-state index contributed by atoms with van der Waals surface area (Å²) in [5, 5.41) is 14.1. The number of rotatable bonds is 5. The minimum atomic E-state index is -0.340. The maximum absolute atomic E-state index is 12.0. The van der Waals surface area contributed by atoms with E-state index in [1.54, 1.807) is 36.4 Å². The van der Waals surface area contributed by atoms with Crippen LogP contribution >= 0.6 is 11.6 Å². The first-order chi connectivity index (χ1) is 9.70. The van der Waals surface area contributed by atoms with Crippen molar-refractivity contribution in [2.24, 2.45) is 0 Å². The smallest absolute Gasteiger partial charge is 0.276 e. The van der Waals surface area contributed by atoms with E-state index in [1.165, 1.54) is 0 Å². The average Bonchev–Trinajstić information content (AvgIpc) is 2.48. The van der Waals surface area contributed by atoms with Gasteiger partial charge in [-0.15, -0.1) is 10.2 Å². The molecule has 1 amide bonds. The van der Waals surface area contributed by atoms with Crippen LogP contribution in [0.25, 0.3) is 0 Å². The van der Waals surface area contributed by atoms with Crippen molar-refractivity contribution in [3.63, 3.8) is 0 Å². The maximum Gasteiger partial charge on any atom is 0.276 e. The Morgan fingerprint density at radius 1 is 1.20 bits per heavy atom. The quantitative estimate of drug-likeness (QED) is 0.887. The Morgan fingerprint density at radius 2 is 2.00 bits per heavy atom. The van der Waals surface area contributed by atoms with Crippen LogP contribution < -0.4 is 10.6 Å². The molecule has 0 aliphatic heterocycles. The Morgan fingerprint density at radius 3 is 2.65 bits per heavy atom. The summed E-state index contributed by atoms with van der Waals surface area (Å²) in [5.74, 6) is 0.314. The number of nitrogens with one attached hydrogen (secondary N) is 2. The normalized spacial score (nSPS) is 10.1. The molecule has 0 saturated heterocycles. The lowest BCUT2D eigenvalue weighted by atomic mass is 10.3. The van der Waals surface area contributed by atoms with Crippen LogP contribution in [0.1, 0.15) is 23.8 Å². The topological polar surface area (TPSA) is 66.9 Å². The number of hydrogen-bond donors (Lipinski definition) is 2. The molecule has 0 saturated carbocycles. The minimum Gasteiger partial charge on any atom is -0.369 e. The van der Waals surface area contributed by atoms with Crippen LogP contribution in [-0.2, 0) is 0 Å². The van der Waals surface area contributed by atoms with E-state index in [-0.39, 0.29) is 11.6 Å². The molecule has 0 atom stereocenters. The van der Waals surface area contributed by atoms with Gasteiger partial charge in [-0.05, 0) is 30.7 Å². The summed E-state index contributed by atoms with van der Waals surface area (Å²) in [6, 6.07) is 10.4. The lowest BCUT2D eigenvalue weighted by molar-refractivity contribution is 0.102. The van der Waals surface area contributed by atoms with Gasteiger partial charge in [-0.3, -0.25) is 4.79 Å². The number of halogens is 1. The van der Waals surface area contributed by atoms with Crippen molar-refractivity contribution in [2.75, 3.05) is 17.2 Å². The zero-order valence-electron chi connectivity index (χ0n) is 11.1. The highest BCUT2D eigenvalue weighted by Crippen LogP contribution is 2.20. The predicted octanol–water partition coefficient (Wildman–Crippen LogP) is 3.20. The van der Waals surface area contributed by atoms with Gasteiger partial charge in [-0.1, -0.05) is 30.7 Å². The highest BCUT2D eigenvalue weighted by atomic mass is 35.5. The number of aromatic nitrogens is 2. The van der Waals surface area contributed by atoms with Crippen molar-refractivity contribution in [1.82, 2.24) is 10.2 Å².